The van der Waals surface area contributed by atoms with Gasteiger partial charge in [-0.2, -0.15) is 0 Å². The first kappa shape index (κ1) is 12.0. The number of rotatable bonds is 4. The van der Waals surface area contributed by atoms with Crippen molar-refractivity contribution in [2.75, 3.05) is 6.61 Å². The van der Waals surface area contributed by atoms with Crippen LogP contribution in [-0.4, -0.2) is 17.6 Å². The number of hydrogen-bond donors (Lipinski definition) is 0. The van der Waals surface area contributed by atoms with Gasteiger partial charge in [-0.05, 0) is 25.0 Å². The van der Waals surface area contributed by atoms with E-state index in [1.165, 1.54) is 0 Å². The minimum absolute atomic E-state index is 0.220. The van der Waals surface area contributed by atoms with E-state index >= 15 is 0 Å². The number of ether oxygens (including phenoxy) is 1. The predicted octanol–water partition coefficient (Wildman–Crippen LogP) is 2.56. The molecule has 1 aromatic rings. The number of alkyl halides is 1. The highest BCUT2D eigenvalue weighted by Crippen LogP contribution is 2.13. The molecule has 0 unspecified atom stereocenters. The Bertz CT molecular complexity index is 352. The van der Waals surface area contributed by atoms with E-state index in [-0.39, 0.29) is 11.8 Å². The summed E-state index contributed by atoms with van der Waals surface area (Å²) in [6.45, 7) is 4.14. The van der Waals surface area contributed by atoms with Crippen molar-refractivity contribution >= 4 is 17.6 Å². The molecule has 0 aliphatic rings. The van der Waals surface area contributed by atoms with E-state index in [1.54, 1.807) is 19.2 Å². The van der Waals surface area contributed by atoms with Gasteiger partial charge in [0.05, 0.1) is 23.7 Å². The number of pyridine rings is 1. The zero-order valence-corrected chi connectivity index (χ0v) is 9.67. The quantitative estimate of drug-likeness (QED) is 0.586. The molecular formula is C11H14ClNO2. The molecule has 0 radical (unpaired) electrons. The highest BCUT2D eigenvalue weighted by molar-refractivity contribution is 6.17. The summed E-state index contributed by atoms with van der Waals surface area (Å²) in [7, 11) is 0. The lowest BCUT2D eigenvalue weighted by Gasteiger charge is -2.07. The topological polar surface area (TPSA) is 39.2 Å². The van der Waals surface area contributed by atoms with Crippen LogP contribution >= 0.6 is 11.6 Å². The normalized spacial score (nSPS) is 10.1. The number of carbonyl (C=O) groups is 1. The Morgan fingerprint density at radius 3 is 2.80 bits per heavy atom. The summed E-state index contributed by atoms with van der Waals surface area (Å²) in [4.78, 5) is 15.7. The first-order valence-electron chi connectivity index (χ1n) is 4.93. The van der Waals surface area contributed by atoms with E-state index in [1.807, 2.05) is 6.92 Å². The van der Waals surface area contributed by atoms with Crippen LogP contribution in [0.5, 0.6) is 0 Å². The summed E-state index contributed by atoms with van der Waals surface area (Å²) in [6.07, 6.45) is 2.57. The second-order valence-electron chi connectivity index (χ2n) is 3.05. The lowest BCUT2D eigenvalue weighted by molar-refractivity contribution is 0.0524. The van der Waals surface area contributed by atoms with Gasteiger partial charge >= 0.3 is 5.97 Å². The molecule has 0 saturated carbocycles. The van der Waals surface area contributed by atoms with Gasteiger partial charge in [-0.3, -0.25) is 4.98 Å². The number of esters is 1. The van der Waals surface area contributed by atoms with Crippen LogP contribution in [0.2, 0.25) is 0 Å². The molecule has 0 aromatic carbocycles. The van der Waals surface area contributed by atoms with E-state index in [2.05, 4.69) is 4.98 Å². The van der Waals surface area contributed by atoms with Crippen molar-refractivity contribution < 1.29 is 9.53 Å². The molecule has 0 atom stereocenters. The Hall–Kier alpha value is -1.09. The van der Waals surface area contributed by atoms with Gasteiger partial charge < -0.3 is 4.74 Å². The first-order chi connectivity index (χ1) is 7.22. The van der Waals surface area contributed by atoms with Gasteiger partial charge in [-0.1, -0.05) is 6.92 Å². The molecule has 0 spiro atoms. The lowest BCUT2D eigenvalue weighted by atomic mass is 10.1. The van der Waals surface area contributed by atoms with Crippen LogP contribution in [0.1, 0.15) is 35.5 Å². The molecule has 0 fully saturated rings. The van der Waals surface area contributed by atoms with E-state index in [9.17, 15) is 4.79 Å². The van der Waals surface area contributed by atoms with Crippen LogP contribution in [0.3, 0.4) is 0 Å². The third-order valence-corrected chi connectivity index (χ3v) is 2.31. The zero-order chi connectivity index (χ0) is 11.3. The van der Waals surface area contributed by atoms with Gasteiger partial charge in [-0.15, -0.1) is 11.6 Å². The lowest BCUT2D eigenvalue weighted by Crippen LogP contribution is -2.09. The number of aryl methyl sites for hydroxylation is 1. The zero-order valence-electron chi connectivity index (χ0n) is 8.92. The van der Waals surface area contributed by atoms with Crippen LogP contribution in [0, 0.1) is 0 Å². The van der Waals surface area contributed by atoms with E-state index in [0.717, 1.165) is 12.0 Å². The maximum absolute atomic E-state index is 11.6. The van der Waals surface area contributed by atoms with Crippen molar-refractivity contribution in [1.29, 1.82) is 0 Å². The molecule has 0 N–H and O–H groups in total. The second kappa shape index (κ2) is 5.71. The summed E-state index contributed by atoms with van der Waals surface area (Å²) in [5.41, 5.74) is 2.06. The summed E-state index contributed by atoms with van der Waals surface area (Å²) >= 11 is 5.70. The van der Waals surface area contributed by atoms with E-state index < -0.39 is 0 Å². The molecule has 3 nitrogen and oxygen atoms in total. The van der Waals surface area contributed by atoms with E-state index in [0.29, 0.717) is 17.9 Å². The maximum Gasteiger partial charge on any atom is 0.340 e. The summed E-state index contributed by atoms with van der Waals surface area (Å²) in [5, 5.41) is 0. The van der Waals surface area contributed by atoms with Gasteiger partial charge in [0.2, 0.25) is 0 Å². The Morgan fingerprint density at radius 2 is 2.27 bits per heavy atom. The first-order valence-corrected chi connectivity index (χ1v) is 5.47. The molecule has 0 saturated heterocycles. The molecule has 15 heavy (non-hydrogen) atoms. The smallest absolute Gasteiger partial charge is 0.340 e. The molecule has 1 rings (SSSR count). The fourth-order valence-electron chi connectivity index (χ4n) is 1.22. The minimum atomic E-state index is -0.351. The average Bonchev–Trinajstić information content (AvgIpc) is 2.28. The van der Waals surface area contributed by atoms with Crippen molar-refractivity contribution in [3.8, 4) is 0 Å². The highest BCUT2D eigenvalue weighted by Gasteiger charge is 2.13. The molecule has 1 aromatic heterocycles. The standard InChI is InChI=1S/C11H14ClNO2/c1-3-8-5-9(11(14)15-4-2)10(6-12)13-7-8/h5,7H,3-4,6H2,1-2H3. The van der Waals surface area contributed by atoms with Crippen molar-refractivity contribution in [2.45, 2.75) is 26.1 Å². The average molecular weight is 228 g/mol. The summed E-state index contributed by atoms with van der Waals surface area (Å²) < 4.78 is 4.93. The molecule has 0 aliphatic heterocycles. The van der Waals surface area contributed by atoms with Crippen LogP contribution < -0.4 is 0 Å². The SMILES string of the molecule is CCOC(=O)c1cc(CC)cnc1CCl. The number of aromatic nitrogens is 1. The fourth-order valence-corrected chi connectivity index (χ4v) is 1.43. The van der Waals surface area contributed by atoms with Gasteiger partial charge in [0.25, 0.3) is 0 Å². The minimum Gasteiger partial charge on any atom is -0.462 e. The second-order valence-corrected chi connectivity index (χ2v) is 3.31. The van der Waals surface area contributed by atoms with Gasteiger partial charge in [0.15, 0.2) is 0 Å². The molecular weight excluding hydrogens is 214 g/mol. The largest absolute Gasteiger partial charge is 0.462 e. The Kier molecular flexibility index (Phi) is 4.56. The van der Waals surface area contributed by atoms with Crippen molar-refractivity contribution in [1.82, 2.24) is 4.98 Å². The predicted molar refractivity (Wildman–Crippen MR) is 59.1 cm³/mol. The third-order valence-electron chi connectivity index (χ3n) is 2.06. The van der Waals surface area contributed by atoms with E-state index in [4.69, 9.17) is 16.3 Å². The van der Waals surface area contributed by atoms with Crippen LogP contribution in [0.25, 0.3) is 0 Å². The molecule has 0 amide bonds. The number of carbonyl (C=O) groups excluding carboxylic acids is 1. The Labute approximate surface area is 94.4 Å². The van der Waals surface area contributed by atoms with Gasteiger partial charge in [0.1, 0.15) is 0 Å². The molecule has 1 heterocycles. The van der Waals surface area contributed by atoms with Crippen LogP contribution in [-0.2, 0) is 17.0 Å². The molecule has 4 heteroatoms. The number of nitrogens with zero attached hydrogens (tertiary/aromatic N) is 1. The molecule has 0 aliphatic carbocycles. The fraction of sp³-hybridized carbons (Fsp3) is 0.455. The molecule has 0 bridgehead atoms. The number of hydrogen-bond acceptors (Lipinski definition) is 3. The van der Waals surface area contributed by atoms with Crippen LogP contribution in [0.4, 0.5) is 0 Å². The van der Waals surface area contributed by atoms with Gasteiger partial charge in [-0.25, -0.2) is 4.79 Å². The maximum atomic E-state index is 11.6. The monoisotopic (exact) mass is 227 g/mol. The van der Waals surface area contributed by atoms with Crippen LogP contribution in [0.15, 0.2) is 12.3 Å². The molecule has 82 valence electrons. The van der Waals surface area contributed by atoms with Crippen molar-refractivity contribution in [3.05, 3.63) is 29.1 Å². The third kappa shape index (κ3) is 2.93. The van der Waals surface area contributed by atoms with Crippen molar-refractivity contribution in [3.63, 3.8) is 0 Å². The summed E-state index contributed by atoms with van der Waals surface area (Å²) in [5.74, 6) is -0.131. The number of halogens is 1. The van der Waals surface area contributed by atoms with Crippen molar-refractivity contribution in [2.24, 2.45) is 0 Å². The van der Waals surface area contributed by atoms with Gasteiger partial charge in [0, 0.05) is 6.20 Å². The highest BCUT2D eigenvalue weighted by atomic mass is 35.5. The summed E-state index contributed by atoms with van der Waals surface area (Å²) in [6, 6.07) is 1.79. The Balaban J connectivity index is 3.05. The Morgan fingerprint density at radius 1 is 1.53 bits per heavy atom.